The van der Waals surface area contributed by atoms with Gasteiger partial charge in [0.05, 0.1) is 19.6 Å². The van der Waals surface area contributed by atoms with Gasteiger partial charge in [-0.25, -0.2) is 0 Å². The molecule has 1 saturated heterocycles. The highest BCUT2D eigenvalue weighted by molar-refractivity contribution is 7.10. The van der Waals surface area contributed by atoms with Gasteiger partial charge in [0.2, 0.25) is 0 Å². The van der Waals surface area contributed by atoms with E-state index in [2.05, 4.69) is 0 Å². The van der Waals surface area contributed by atoms with E-state index >= 15 is 0 Å². The molecule has 0 radical (unpaired) electrons. The van der Waals surface area contributed by atoms with Crippen molar-refractivity contribution in [2.45, 2.75) is 12.8 Å². The van der Waals surface area contributed by atoms with Crippen molar-refractivity contribution in [2.75, 3.05) is 19.8 Å². The number of benzene rings is 1. The molecule has 0 saturated carbocycles. The molecule has 1 aliphatic rings. The quantitative estimate of drug-likeness (QED) is 0.886. The zero-order valence-corrected chi connectivity index (χ0v) is 13.0. The third-order valence-electron chi connectivity index (χ3n) is 3.68. The zero-order valence-electron chi connectivity index (χ0n) is 12.2. The van der Waals surface area contributed by atoms with E-state index in [1.165, 1.54) is 11.3 Å². The fourth-order valence-corrected chi connectivity index (χ4v) is 3.33. The second kappa shape index (κ2) is 6.94. The molecule has 0 bridgehead atoms. The Morgan fingerprint density at radius 1 is 1.32 bits per heavy atom. The molecule has 1 atom stereocenters. The molecular formula is C17H18O4S. The van der Waals surface area contributed by atoms with Crippen molar-refractivity contribution in [3.05, 3.63) is 40.6 Å². The predicted molar refractivity (Wildman–Crippen MR) is 85.5 cm³/mol. The van der Waals surface area contributed by atoms with Crippen molar-refractivity contribution in [2.24, 2.45) is 5.92 Å². The van der Waals surface area contributed by atoms with E-state index in [9.17, 15) is 4.79 Å². The number of carbonyl (C=O) groups is 1. The van der Waals surface area contributed by atoms with Crippen molar-refractivity contribution < 1.29 is 19.4 Å². The van der Waals surface area contributed by atoms with E-state index < -0.39 is 5.97 Å². The molecule has 1 fully saturated rings. The third-order valence-corrected chi connectivity index (χ3v) is 4.61. The highest BCUT2D eigenvalue weighted by atomic mass is 32.1. The van der Waals surface area contributed by atoms with E-state index in [4.69, 9.17) is 14.6 Å². The first-order valence-corrected chi connectivity index (χ1v) is 8.19. The first kappa shape index (κ1) is 15.1. The van der Waals surface area contributed by atoms with Crippen LogP contribution in [0.15, 0.2) is 35.7 Å². The predicted octanol–water partition coefficient (Wildman–Crippen LogP) is 3.46. The van der Waals surface area contributed by atoms with Crippen LogP contribution in [0.1, 0.15) is 11.3 Å². The van der Waals surface area contributed by atoms with Gasteiger partial charge in [-0.2, -0.15) is 0 Å². The van der Waals surface area contributed by atoms with Crippen molar-refractivity contribution in [3.63, 3.8) is 0 Å². The summed E-state index contributed by atoms with van der Waals surface area (Å²) < 4.78 is 11.1. The van der Waals surface area contributed by atoms with Crippen LogP contribution in [0, 0.1) is 5.92 Å². The Bertz CT molecular complexity index is 626. The summed E-state index contributed by atoms with van der Waals surface area (Å²) in [5, 5.41) is 10.8. The summed E-state index contributed by atoms with van der Waals surface area (Å²) >= 11 is 1.48. The number of aliphatic carboxylic acids is 1. The van der Waals surface area contributed by atoms with Crippen LogP contribution in [-0.2, 0) is 16.0 Å². The molecule has 0 aliphatic carbocycles. The average Bonchev–Trinajstić information content (AvgIpc) is 3.16. The molecule has 1 unspecified atom stereocenters. The Balaban J connectivity index is 1.60. The molecule has 0 amide bonds. The molecule has 2 aromatic rings. The van der Waals surface area contributed by atoms with Gasteiger partial charge in [-0.1, -0.05) is 12.1 Å². The van der Waals surface area contributed by atoms with Crippen molar-refractivity contribution in [1.29, 1.82) is 0 Å². The molecular weight excluding hydrogens is 300 g/mol. The summed E-state index contributed by atoms with van der Waals surface area (Å²) in [6.07, 6.45) is 1.15. The molecule has 1 aromatic heterocycles. The van der Waals surface area contributed by atoms with Crippen molar-refractivity contribution >= 4 is 17.3 Å². The number of ether oxygens (including phenoxy) is 2. The number of hydrogen-bond acceptors (Lipinski definition) is 4. The Morgan fingerprint density at radius 3 is 2.82 bits per heavy atom. The molecule has 3 rings (SSSR count). The molecule has 2 heterocycles. The first-order chi connectivity index (χ1) is 10.7. The van der Waals surface area contributed by atoms with Crippen LogP contribution in [-0.4, -0.2) is 30.9 Å². The maximum atomic E-state index is 10.7. The molecule has 1 aromatic carbocycles. The van der Waals surface area contributed by atoms with Gasteiger partial charge in [-0.05, 0) is 41.1 Å². The molecule has 1 aliphatic heterocycles. The molecule has 22 heavy (non-hydrogen) atoms. The standard InChI is InChI=1S/C17H18O4S/c18-17(19)8-16-7-14(11-22-16)13-1-3-15(4-2-13)21-10-12-5-6-20-9-12/h1-4,7,11-12H,5-6,8-10H2,(H,18,19). The van der Waals surface area contributed by atoms with E-state index in [1.54, 1.807) is 0 Å². The minimum absolute atomic E-state index is 0.0787. The fraction of sp³-hybridized carbons (Fsp3) is 0.353. The van der Waals surface area contributed by atoms with Crippen LogP contribution in [0.4, 0.5) is 0 Å². The van der Waals surface area contributed by atoms with Gasteiger partial charge in [0.25, 0.3) is 0 Å². The van der Waals surface area contributed by atoms with E-state index in [-0.39, 0.29) is 6.42 Å². The topological polar surface area (TPSA) is 55.8 Å². The van der Waals surface area contributed by atoms with Gasteiger partial charge in [-0.15, -0.1) is 11.3 Å². The van der Waals surface area contributed by atoms with Gasteiger partial charge in [-0.3, -0.25) is 4.79 Å². The van der Waals surface area contributed by atoms with Gasteiger partial charge < -0.3 is 14.6 Å². The van der Waals surface area contributed by atoms with Crippen LogP contribution in [0.5, 0.6) is 5.75 Å². The Hall–Kier alpha value is -1.85. The van der Waals surface area contributed by atoms with E-state index in [0.29, 0.717) is 12.5 Å². The number of hydrogen-bond donors (Lipinski definition) is 1. The fourth-order valence-electron chi connectivity index (χ4n) is 2.45. The largest absolute Gasteiger partial charge is 0.493 e. The lowest BCUT2D eigenvalue weighted by Gasteiger charge is -2.10. The van der Waals surface area contributed by atoms with E-state index in [1.807, 2.05) is 35.7 Å². The minimum atomic E-state index is -0.798. The molecule has 4 nitrogen and oxygen atoms in total. The Morgan fingerprint density at radius 2 is 2.14 bits per heavy atom. The summed E-state index contributed by atoms with van der Waals surface area (Å²) in [5.74, 6) is 0.555. The Labute approximate surface area is 133 Å². The number of carboxylic acids is 1. The Kier molecular flexibility index (Phi) is 4.75. The van der Waals surface area contributed by atoms with Crippen molar-refractivity contribution in [3.8, 4) is 16.9 Å². The summed E-state index contributed by atoms with van der Waals surface area (Å²) in [5.41, 5.74) is 2.13. The van der Waals surface area contributed by atoms with Crippen LogP contribution >= 0.6 is 11.3 Å². The van der Waals surface area contributed by atoms with Gasteiger partial charge in [0, 0.05) is 17.4 Å². The van der Waals surface area contributed by atoms with Gasteiger partial charge in [0.15, 0.2) is 0 Å². The summed E-state index contributed by atoms with van der Waals surface area (Å²) in [4.78, 5) is 11.6. The zero-order chi connectivity index (χ0) is 15.4. The number of carboxylic acid groups (broad SMARTS) is 1. The molecule has 1 N–H and O–H groups in total. The summed E-state index contributed by atoms with van der Waals surface area (Å²) in [6, 6.07) is 9.87. The average molecular weight is 318 g/mol. The van der Waals surface area contributed by atoms with E-state index in [0.717, 1.165) is 41.4 Å². The third kappa shape index (κ3) is 3.87. The molecule has 5 heteroatoms. The van der Waals surface area contributed by atoms with Gasteiger partial charge >= 0.3 is 5.97 Å². The lowest BCUT2D eigenvalue weighted by Crippen LogP contribution is -2.11. The minimum Gasteiger partial charge on any atom is -0.493 e. The number of rotatable bonds is 6. The lowest BCUT2D eigenvalue weighted by molar-refractivity contribution is -0.136. The van der Waals surface area contributed by atoms with Crippen LogP contribution < -0.4 is 4.74 Å². The SMILES string of the molecule is O=C(O)Cc1cc(-c2ccc(OCC3CCOC3)cc2)cs1. The lowest BCUT2D eigenvalue weighted by atomic mass is 10.1. The van der Waals surface area contributed by atoms with Crippen LogP contribution in [0.3, 0.4) is 0 Å². The van der Waals surface area contributed by atoms with Crippen LogP contribution in [0.2, 0.25) is 0 Å². The second-order valence-electron chi connectivity index (χ2n) is 5.44. The highest BCUT2D eigenvalue weighted by Gasteiger charge is 2.16. The maximum absolute atomic E-state index is 10.7. The maximum Gasteiger partial charge on any atom is 0.308 e. The number of thiophene rings is 1. The van der Waals surface area contributed by atoms with Crippen LogP contribution in [0.25, 0.3) is 11.1 Å². The molecule has 0 spiro atoms. The molecule has 116 valence electrons. The summed E-state index contributed by atoms with van der Waals surface area (Å²) in [6.45, 7) is 2.32. The second-order valence-corrected chi connectivity index (χ2v) is 6.43. The smallest absolute Gasteiger partial charge is 0.308 e. The van der Waals surface area contributed by atoms with Crippen molar-refractivity contribution in [1.82, 2.24) is 0 Å². The first-order valence-electron chi connectivity index (χ1n) is 7.31. The van der Waals surface area contributed by atoms with Gasteiger partial charge in [0.1, 0.15) is 5.75 Å². The summed E-state index contributed by atoms with van der Waals surface area (Å²) in [7, 11) is 0. The normalized spacial score (nSPS) is 17.5. The monoisotopic (exact) mass is 318 g/mol. The highest BCUT2D eigenvalue weighted by Crippen LogP contribution is 2.28.